The summed E-state index contributed by atoms with van der Waals surface area (Å²) in [5, 5.41) is 4.35. The lowest BCUT2D eigenvalue weighted by atomic mass is 10.2. The fourth-order valence-electron chi connectivity index (χ4n) is 2.69. The third kappa shape index (κ3) is 4.05. The van der Waals surface area contributed by atoms with Gasteiger partial charge in [-0.1, -0.05) is 29.8 Å². The number of hydrogen-bond donors (Lipinski definition) is 1. The van der Waals surface area contributed by atoms with E-state index < -0.39 is 0 Å². The Hall–Kier alpha value is -2.77. The topological polar surface area (TPSA) is 69.7 Å². The molecule has 0 unspecified atom stereocenters. The van der Waals surface area contributed by atoms with Gasteiger partial charge in [-0.05, 0) is 25.1 Å². The fourth-order valence-corrected chi connectivity index (χ4v) is 4.01. The standard InChI is InChI=1S/C20H17ClN2O4S/c1-12-18(28-20(23-12)14-4-2-3-5-15(14)21)9-22-19(24)10-25-13-6-7-16-17(8-13)27-11-26-16/h2-8H,9-11H2,1H3,(H,22,24). The minimum Gasteiger partial charge on any atom is -0.484 e. The zero-order valence-corrected chi connectivity index (χ0v) is 16.6. The second-order valence-electron chi connectivity index (χ2n) is 6.09. The SMILES string of the molecule is Cc1nc(-c2ccccc2Cl)sc1CNC(=O)COc1ccc2c(c1)OCO2. The van der Waals surface area contributed by atoms with Gasteiger partial charge in [0.1, 0.15) is 10.8 Å². The van der Waals surface area contributed by atoms with E-state index in [1.807, 2.05) is 31.2 Å². The summed E-state index contributed by atoms with van der Waals surface area (Å²) in [6, 6.07) is 12.8. The van der Waals surface area contributed by atoms with Gasteiger partial charge in [0.25, 0.3) is 5.91 Å². The summed E-state index contributed by atoms with van der Waals surface area (Å²) in [7, 11) is 0. The fraction of sp³-hybridized carbons (Fsp3) is 0.200. The molecule has 2 heterocycles. The van der Waals surface area contributed by atoms with Gasteiger partial charge < -0.3 is 19.5 Å². The highest BCUT2D eigenvalue weighted by molar-refractivity contribution is 7.15. The summed E-state index contributed by atoms with van der Waals surface area (Å²) in [6.45, 7) is 2.41. The van der Waals surface area contributed by atoms with Gasteiger partial charge in [0.2, 0.25) is 6.79 Å². The van der Waals surface area contributed by atoms with Crippen LogP contribution >= 0.6 is 22.9 Å². The summed E-state index contributed by atoms with van der Waals surface area (Å²) >= 11 is 7.76. The van der Waals surface area contributed by atoms with Gasteiger partial charge in [-0.15, -0.1) is 11.3 Å². The first-order chi connectivity index (χ1) is 13.6. The molecule has 0 spiro atoms. The number of nitrogens with one attached hydrogen (secondary N) is 1. The quantitative estimate of drug-likeness (QED) is 0.652. The Labute approximate surface area is 171 Å². The molecule has 1 aliphatic heterocycles. The molecule has 0 radical (unpaired) electrons. The molecule has 144 valence electrons. The van der Waals surface area contributed by atoms with Crippen LogP contribution in [0.3, 0.4) is 0 Å². The number of ether oxygens (including phenoxy) is 3. The molecule has 1 amide bonds. The Balaban J connectivity index is 1.33. The molecule has 0 fully saturated rings. The average molecular weight is 417 g/mol. The van der Waals surface area contributed by atoms with E-state index in [-0.39, 0.29) is 19.3 Å². The van der Waals surface area contributed by atoms with Crippen molar-refractivity contribution in [2.24, 2.45) is 0 Å². The molecule has 0 aliphatic carbocycles. The third-order valence-electron chi connectivity index (χ3n) is 4.16. The minimum atomic E-state index is -0.218. The monoisotopic (exact) mass is 416 g/mol. The number of halogens is 1. The molecule has 1 aromatic heterocycles. The average Bonchev–Trinajstić information content (AvgIpc) is 3.31. The maximum absolute atomic E-state index is 12.1. The molecule has 2 aromatic carbocycles. The van der Waals surface area contributed by atoms with Crippen LogP contribution in [0.2, 0.25) is 5.02 Å². The Bertz CT molecular complexity index is 1020. The molecule has 1 aliphatic rings. The number of amides is 1. The highest BCUT2D eigenvalue weighted by atomic mass is 35.5. The van der Waals surface area contributed by atoms with Crippen LogP contribution in [-0.2, 0) is 11.3 Å². The highest BCUT2D eigenvalue weighted by Gasteiger charge is 2.15. The van der Waals surface area contributed by atoms with Crippen molar-refractivity contribution in [3.63, 3.8) is 0 Å². The van der Waals surface area contributed by atoms with E-state index in [1.165, 1.54) is 11.3 Å². The number of hydrogen-bond acceptors (Lipinski definition) is 6. The lowest BCUT2D eigenvalue weighted by molar-refractivity contribution is -0.123. The Morgan fingerprint density at radius 3 is 2.93 bits per heavy atom. The Morgan fingerprint density at radius 2 is 2.07 bits per heavy atom. The van der Waals surface area contributed by atoms with E-state index in [0.717, 1.165) is 21.1 Å². The molecule has 4 rings (SSSR count). The van der Waals surface area contributed by atoms with Crippen LogP contribution in [0.15, 0.2) is 42.5 Å². The van der Waals surface area contributed by atoms with Crippen molar-refractivity contribution in [3.8, 4) is 27.8 Å². The summed E-state index contributed by atoms with van der Waals surface area (Å²) < 4.78 is 16.1. The molecule has 1 N–H and O–H groups in total. The molecule has 0 saturated heterocycles. The van der Waals surface area contributed by atoms with E-state index in [9.17, 15) is 4.79 Å². The van der Waals surface area contributed by atoms with Crippen molar-refractivity contribution in [2.45, 2.75) is 13.5 Å². The first-order valence-electron chi connectivity index (χ1n) is 8.60. The van der Waals surface area contributed by atoms with Gasteiger partial charge in [0.15, 0.2) is 18.1 Å². The maximum Gasteiger partial charge on any atom is 0.258 e. The van der Waals surface area contributed by atoms with Gasteiger partial charge >= 0.3 is 0 Å². The van der Waals surface area contributed by atoms with Crippen molar-refractivity contribution in [3.05, 3.63) is 58.1 Å². The Kier molecular flexibility index (Phi) is 5.36. The molecule has 6 nitrogen and oxygen atoms in total. The molecule has 0 bridgehead atoms. The molecule has 0 saturated carbocycles. The van der Waals surface area contributed by atoms with E-state index in [0.29, 0.717) is 28.8 Å². The second-order valence-corrected chi connectivity index (χ2v) is 7.58. The zero-order valence-electron chi connectivity index (χ0n) is 15.0. The van der Waals surface area contributed by atoms with E-state index in [4.69, 9.17) is 25.8 Å². The number of carbonyl (C=O) groups is 1. The molecular weight excluding hydrogens is 400 g/mol. The van der Waals surface area contributed by atoms with Crippen LogP contribution in [0.4, 0.5) is 0 Å². The van der Waals surface area contributed by atoms with Crippen LogP contribution < -0.4 is 19.5 Å². The molecule has 28 heavy (non-hydrogen) atoms. The first-order valence-corrected chi connectivity index (χ1v) is 9.80. The number of thiazole rings is 1. The van der Waals surface area contributed by atoms with Crippen LogP contribution in [0.1, 0.15) is 10.6 Å². The normalized spacial score (nSPS) is 12.1. The van der Waals surface area contributed by atoms with Crippen molar-refractivity contribution < 1.29 is 19.0 Å². The number of fused-ring (bicyclic) bond motifs is 1. The first kappa shape index (κ1) is 18.6. The molecule has 0 atom stereocenters. The largest absolute Gasteiger partial charge is 0.484 e. The highest BCUT2D eigenvalue weighted by Crippen LogP contribution is 2.35. The summed E-state index contributed by atoms with van der Waals surface area (Å²) in [6.07, 6.45) is 0. The zero-order chi connectivity index (χ0) is 19.5. The maximum atomic E-state index is 12.1. The van der Waals surface area contributed by atoms with Crippen LogP contribution in [0.5, 0.6) is 17.2 Å². The van der Waals surface area contributed by atoms with Gasteiger partial charge in [-0.2, -0.15) is 0 Å². The van der Waals surface area contributed by atoms with Crippen molar-refractivity contribution in [1.82, 2.24) is 10.3 Å². The summed E-state index contributed by atoms with van der Waals surface area (Å²) in [5.41, 5.74) is 1.76. The van der Waals surface area contributed by atoms with Crippen molar-refractivity contribution in [2.75, 3.05) is 13.4 Å². The van der Waals surface area contributed by atoms with Crippen molar-refractivity contribution in [1.29, 1.82) is 0 Å². The van der Waals surface area contributed by atoms with Crippen LogP contribution in [-0.4, -0.2) is 24.3 Å². The van der Waals surface area contributed by atoms with Gasteiger partial charge in [0.05, 0.1) is 17.3 Å². The van der Waals surface area contributed by atoms with E-state index in [2.05, 4.69) is 10.3 Å². The number of aryl methyl sites for hydroxylation is 1. The van der Waals surface area contributed by atoms with Crippen LogP contribution in [0.25, 0.3) is 10.6 Å². The van der Waals surface area contributed by atoms with Crippen molar-refractivity contribution >= 4 is 28.8 Å². The number of benzene rings is 2. The molecular formula is C20H17ClN2O4S. The van der Waals surface area contributed by atoms with Crippen LogP contribution in [0, 0.1) is 6.92 Å². The predicted molar refractivity (Wildman–Crippen MR) is 107 cm³/mol. The predicted octanol–water partition coefficient (Wildman–Crippen LogP) is 4.20. The Morgan fingerprint density at radius 1 is 1.25 bits per heavy atom. The smallest absolute Gasteiger partial charge is 0.258 e. The van der Waals surface area contributed by atoms with E-state index >= 15 is 0 Å². The minimum absolute atomic E-state index is 0.0884. The summed E-state index contributed by atoms with van der Waals surface area (Å²) in [5.74, 6) is 1.62. The lowest BCUT2D eigenvalue weighted by Crippen LogP contribution is -2.28. The summed E-state index contributed by atoms with van der Waals surface area (Å²) in [4.78, 5) is 17.7. The molecule has 3 aromatic rings. The van der Waals surface area contributed by atoms with Gasteiger partial charge in [-0.3, -0.25) is 4.79 Å². The second kappa shape index (κ2) is 8.08. The van der Waals surface area contributed by atoms with E-state index in [1.54, 1.807) is 18.2 Å². The number of nitrogens with zero attached hydrogens (tertiary/aromatic N) is 1. The number of rotatable bonds is 6. The third-order valence-corrected chi connectivity index (χ3v) is 5.68. The number of aromatic nitrogens is 1. The number of carbonyl (C=O) groups excluding carboxylic acids is 1. The van der Waals surface area contributed by atoms with Gasteiger partial charge in [0, 0.05) is 16.5 Å². The van der Waals surface area contributed by atoms with Gasteiger partial charge in [-0.25, -0.2) is 4.98 Å². The lowest BCUT2D eigenvalue weighted by Gasteiger charge is -2.07. The molecule has 8 heteroatoms.